The van der Waals surface area contributed by atoms with E-state index < -0.39 is 0 Å². The molecule has 1 aromatic heterocycles. The van der Waals surface area contributed by atoms with Crippen molar-refractivity contribution in [3.63, 3.8) is 0 Å². The number of rotatable bonds is 6. The molecule has 1 amide bonds. The molecule has 6 heteroatoms. The number of nitrogens with one attached hydrogen (secondary N) is 1. The Kier molecular flexibility index (Phi) is 5.68. The zero-order valence-electron chi connectivity index (χ0n) is 13.3. The molecule has 2 rings (SSSR count). The molecule has 0 bridgehead atoms. The highest BCUT2D eigenvalue weighted by Crippen LogP contribution is 2.28. The lowest BCUT2D eigenvalue weighted by molar-refractivity contribution is 0.0954. The summed E-state index contributed by atoms with van der Waals surface area (Å²) in [6.45, 7) is 3.85. The highest BCUT2D eigenvalue weighted by Gasteiger charge is 2.11. The molecule has 0 saturated heterocycles. The summed E-state index contributed by atoms with van der Waals surface area (Å²) >= 11 is 0. The van der Waals surface area contributed by atoms with Gasteiger partial charge in [-0.3, -0.25) is 9.78 Å². The average molecular weight is 313 g/mol. The Morgan fingerprint density at radius 3 is 2.74 bits per heavy atom. The van der Waals surface area contributed by atoms with Crippen LogP contribution in [-0.2, 0) is 0 Å². The van der Waals surface area contributed by atoms with E-state index in [0.29, 0.717) is 22.8 Å². The Hall–Kier alpha value is -2.89. The maximum Gasteiger partial charge on any atom is 0.271 e. The Labute approximate surface area is 135 Å². The lowest BCUT2D eigenvalue weighted by Crippen LogP contribution is -2.18. The van der Waals surface area contributed by atoms with Gasteiger partial charge in [-0.15, -0.1) is 0 Å². The molecule has 23 heavy (non-hydrogen) atoms. The predicted molar refractivity (Wildman–Crippen MR) is 88.1 cm³/mol. The Morgan fingerprint density at radius 2 is 2.09 bits per heavy atom. The van der Waals surface area contributed by atoms with Gasteiger partial charge in [-0.1, -0.05) is 6.07 Å². The van der Waals surface area contributed by atoms with E-state index in [1.807, 2.05) is 26.0 Å². The summed E-state index contributed by atoms with van der Waals surface area (Å²) in [6.07, 6.45) is 3.15. The van der Waals surface area contributed by atoms with Gasteiger partial charge in [-0.2, -0.15) is 5.10 Å². The molecule has 0 aliphatic rings. The SMILES string of the molecule is COc1cc(C(=O)N/N=C\c2ccccn2)ccc1OC(C)C. The van der Waals surface area contributed by atoms with Gasteiger partial charge in [0.05, 0.1) is 25.1 Å². The second kappa shape index (κ2) is 7.93. The third kappa shape index (κ3) is 4.81. The number of carbonyl (C=O) groups excluding carboxylic acids is 1. The van der Waals surface area contributed by atoms with Gasteiger partial charge in [-0.05, 0) is 44.2 Å². The minimum absolute atomic E-state index is 0.0200. The van der Waals surface area contributed by atoms with Crippen molar-refractivity contribution in [1.82, 2.24) is 10.4 Å². The Balaban J connectivity index is 2.06. The highest BCUT2D eigenvalue weighted by molar-refractivity contribution is 5.95. The summed E-state index contributed by atoms with van der Waals surface area (Å²) in [7, 11) is 1.53. The molecule has 0 atom stereocenters. The van der Waals surface area contributed by atoms with E-state index in [4.69, 9.17) is 9.47 Å². The quantitative estimate of drug-likeness (QED) is 0.657. The molecule has 0 unspecified atom stereocenters. The van der Waals surface area contributed by atoms with Crippen molar-refractivity contribution in [2.75, 3.05) is 7.11 Å². The normalized spacial score (nSPS) is 10.8. The van der Waals surface area contributed by atoms with Crippen LogP contribution in [0.5, 0.6) is 11.5 Å². The van der Waals surface area contributed by atoms with E-state index in [9.17, 15) is 4.79 Å². The van der Waals surface area contributed by atoms with Crippen molar-refractivity contribution in [2.45, 2.75) is 20.0 Å². The molecule has 0 radical (unpaired) electrons. The van der Waals surface area contributed by atoms with Crippen LogP contribution >= 0.6 is 0 Å². The van der Waals surface area contributed by atoms with E-state index in [1.54, 1.807) is 30.5 Å². The largest absolute Gasteiger partial charge is 0.493 e. The maximum atomic E-state index is 12.1. The number of methoxy groups -OCH3 is 1. The Morgan fingerprint density at radius 1 is 1.26 bits per heavy atom. The molecule has 0 fully saturated rings. The van der Waals surface area contributed by atoms with E-state index >= 15 is 0 Å². The van der Waals surface area contributed by atoms with Crippen LogP contribution in [0.15, 0.2) is 47.7 Å². The van der Waals surface area contributed by atoms with Crippen molar-refractivity contribution < 1.29 is 14.3 Å². The number of ether oxygens (including phenoxy) is 2. The second-order valence-electron chi connectivity index (χ2n) is 4.99. The molecule has 0 aliphatic heterocycles. The monoisotopic (exact) mass is 313 g/mol. The van der Waals surface area contributed by atoms with Crippen molar-refractivity contribution >= 4 is 12.1 Å². The van der Waals surface area contributed by atoms with E-state index in [1.165, 1.54) is 13.3 Å². The molecule has 0 spiro atoms. The van der Waals surface area contributed by atoms with E-state index in [2.05, 4.69) is 15.5 Å². The lowest BCUT2D eigenvalue weighted by Gasteiger charge is -2.14. The van der Waals surface area contributed by atoms with Crippen molar-refractivity contribution in [3.8, 4) is 11.5 Å². The minimum atomic E-state index is -0.341. The lowest BCUT2D eigenvalue weighted by atomic mass is 10.2. The van der Waals surface area contributed by atoms with Gasteiger partial charge in [0, 0.05) is 11.8 Å². The molecule has 0 aliphatic carbocycles. The van der Waals surface area contributed by atoms with Crippen LogP contribution in [0.25, 0.3) is 0 Å². The standard InChI is InChI=1S/C17H19N3O3/c1-12(2)23-15-8-7-13(10-16(15)22-3)17(21)20-19-11-14-6-4-5-9-18-14/h4-12H,1-3H3,(H,20,21)/b19-11-. The third-order valence-electron chi connectivity index (χ3n) is 2.84. The van der Waals surface area contributed by atoms with Crippen LogP contribution in [0, 0.1) is 0 Å². The van der Waals surface area contributed by atoms with Gasteiger partial charge < -0.3 is 9.47 Å². The molecular formula is C17H19N3O3. The molecular weight excluding hydrogens is 294 g/mol. The van der Waals surface area contributed by atoms with Crippen molar-refractivity contribution in [2.24, 2.45) is 5.10 Å². The fourth-order valence-corrected chi connectivity index (χ4v) is 1.83. The molecule has 1 N–H and O–H groups in total. The first-order chi connectivity index (χ1) is 11.1. The number of carbonyl (C=O) groups is 1. The predicted octanol–water partition coefficient (Wildman–Crippen LogP) is 2.64. The average Bonchev–Trinajstić information content (AvgIpc) is 2.55. The van der Waals surface area contributed by atoms with Gasteiger partial charge in [0.15, 0.2) is 11.5 Å². The zero-order valence-corrected chi connectivity index (χ0v) is 13.3. The molecule has 1 aromatic carbocycles. The van der Waals surface area contributed by atoms with Crippen LogP contribution < -0.4 is 14.9 Å². The second-order valence-corrected chi connectivity index (χ2v) is 4.99. The molecule has 0 saturated carbocycles. The van der Waals surface area contributed by atoms with Crippen molar-refractivity contribution in [1.29, 1.82) is 0 Å². The number of hydrogen-bond donors (Lipinski definition) is 1. The first-order valence-electron chi connectivity index (χ1n) is 7.19. The van der Waals surface area contributed by atoms with Crippen LogP contribution in [0.2, 0.25) is 0 Å². The van der Waals surface area contributed by atoms with Gasteiger partial charge in [0.2, 0.25) is 0 Å². The number of nitrogens with zero attached hydrogens (tertiary/aromatic N) is 2. The van der Waals surface area contributed by atoms with Crippen molar-refractivity contribution in [3.05, 3.63) is 53.9 Å². The summed E-state index contributed by atoms with van der Waals surface area (Å²) < 4.78 is 10.9. The number of aromatic nitrogens is 1. The minimum Gasteiger partial charge on any atom is -0.493 e. The molecule has 120 valence electrons. The van der Waals surface area contributed by atoms with Gasteiger partial charge in [0.25, 0.3) is 5.91 Å². The summed E-state index contributed by atoms with van der Waals surface area (Å²) in [4.78, 5) is 16.2. The number of benzene rings is 1. The third-order valence-corrected chi connectivity index (χ3v) is 2.84. The number of hydrogen-bond acceptors (Lipinski definition) is 5. The number of hydrazone groups is 1. The van der Waals surface area contributed by atoms with Crippen LogP contribution in [0.3, 0.4) is 0 Å². The summed E-state index contributed by atoms with van der Waals surface area (Å²) in [6, 6.07) is 10.4. The maximum absolute atomic E-state index is 12.1. The van der Waals surface area contributed by atoms with Crippen LogP contribution in [0.4, 0.5) is 0 Å². The van der Waals surface area contributed by atoms with Gasteiger partial charge >= 0.3 is 0 Å². The zero-order chi connectivity index (χ0) is 16.7. The van der Waals surface area contributed by atoms with Crippen LogP contribution in [-0.4, -0.2) is 30.3 Å². The molecule has 2 aromatic rings. The van der Waals surface area contributed by atoms with Crippen LogP contribution in [0.1, 0.15) is 29.9 Å². The van der Waals surface area contributed by atoms with E-state index in [0.717, 1.165) is 0 Å². The fraction of sp³-hybridized carbons (Fsp3) is 0.235. The Bertz CT molecular complexity index is 685. The molecule has 6 nitrogen and oxygen atoms in total. The highest BCUT2D eigenvalue weighted by atomic mass is 16.5. The van der Waals surface area contributed by atoms with Gasteiger partial charge in [0.1, 0.15) is 0 Å². The number of amides is 1. The topological polar surface area (TPSA) is 72.8 Å². The summed E-state index contributed by atoms with van der Waals surface area (Å²) in [5, 5.41) is 3.89. The van der Waals surface area contributed by atoms with E-state index in [-0.39, 0.29) is 12.0 Å². The summed E-state index contributed by atoms with van der Waals surface area (Å²) in [5.74, 6) is 0.752. The fourth-order valence-electron chi connectivity index (χ4n) is 1.83. The molecule has 1 heterocycles. The first-order valence-corrected chi connectivity index (χ1v) is 7.19. The summed E-state index contributed by atoms with van der Waals surface area (Å²) in [5.41, 5.74) is 3.54. The van der Waals surface area contributed by atoms with Gasteiger partial charge in [-0.25, -0.2) is 5.43 Å². The first kappa shape index (κ1) is 16.5. The smallest absolute Gasteiger partial charge is 0.271 e. The number of pyridine rings is 1.